The number of methoxy groups -OCH3 is 1. The standard InChI is InChI=1S/C13H5Cl3F5N3O3S/c1-27-11-10(28(25,26)13(16,20)21)8(4-22)23-24(11)9-6(14)2-5(3-7(9)15)12(17,18)19/h2-3H,1H3. The largest absolute Gasteiger partial charge is 0.480 e. The molecule has 1 heterocycles. The summed E-state index contributed by atoms with van der Waals surface area (Å²) in [5, 5.41) is 11.2. The molecular formula is C13H5Cl3F5N3O3S. The van der Waals surface area contributed by atoms with E-state index in [2.05, 4.69) is 16.7 Å². The maximum absolute atomic E-state index is 13.4. The summed E-state index contributed by atoms with van der Waals surface area (Å²) in [6, 6.07) is 2.15. The lowest BCUT2D eigenvalue weighted by Gasteiger charge is -2.14. The molecule has 0 aliphatic heterocycles. The molecule has 6 nitrogen and oxygen atoms in total. The van der Waals surface area contributed by atoms with E-state index in [1.54, 1.807) is 0 Å². The molecule has 0 aliphatic carbocycles. The van der Waals surface area contributed by atoms with Gasteiger partial charge < -0.3 is 4.74 Å². The van der Waals surface area contributed by atoms with Gasteiger partial charge in [-0.1, -0.05) is 23.2 Å². The van der Waals surface area contributed by atoms with Crippen LogP contribution in [-0.4, -0.2) is 30.0 Å². The Kier molecular flexibility index (Phi) is 5.79. The molecule has 0 N–H and O–H groups in total. The van der Waals surface area contributed by atoms with Crippen LogP contribution in [0.1, 0.15) is 11.3 Å². The molecule has 0 saturated heterocycles. The van der Waals surface area contributed by atoms with Crippen LogP contribution in [0.4, 0.5) is 22.0 Å². The van der Waals surface area contributed by atoms with Crippen molar-refractivity contribution in [2.45, 2.75) is 15.8 Å². The summed E-state index contributed by atoms with van der Waals surface area (Å²) >= 11 is 16.2. The number of hydrogen-bond donors (Lipinski definition) is 0. The average Bonchev–Trinajstić information content (AvgIpc) is 2.91. The van der Waals surface area contributed by atoms with Gasteiger partial charge in [-0.2, -0.15) is 37.0 Å². The molecule has 2 rings (SSSR count). The van der Waals surface area contributed by atoms with Gasteiger partial charge in [-0.15, -0.1) is 0 Å². The van der Waals surface area contributed by atoms with E-state index in [0.29, 0.717) is 16.8 Å². The molecule has 0 saturated carbocycles. The van der Waals surface area contributed by atoms with Gasteiger partial charge in [-0.3, -0.25) is 0 Å². The molecule has 15 heteroatoms. The van der Waals surface area contributed by atoms with Crippen LogP contribution >= 0.6 is 34.8 Å². The lowest BCUT2D eigenvalue weighted by Crippen LogP contribution is -2.23. The van der Waals surface area contributed by atoms with Crippen molar-refractivity contribution in [3.05, 3.63) is 33.4 Å². The second-order valence-corrected chi connectivity index (χ2v) is 8.39. The fourth-order valence-corrected chi connectivity index (χ4v) is 3.93. The number of alkyl halides is 6. The summed E-state index contributed by atoms with van der Waals surface area (Å²) in [6.07, 6.45) is -4.81. The zero-order valence-electron chi connectivity index (χ0n) is 13.2. The van der Waals surface area contributed by atoms with Crippen LogP contribution < -0.4 is 4.74 Å². The smallest absolute Gasteiger partial charge is 0.427 e. The highest BCUT2D eigenvalue weighted by molar-refractivity contribution is 7.93. The first-order chi connectivity index (χ1) is 12.7. The quantitative estimate of drug-likeness (QED) is 0.466. The molecule has 0 atom stereocenters. The Labute approximate surface area is 168 Å². The predicted octanol–water partition coefficient (Wildman–Crippen LogP) is 4.64. The molecule has 0 bridgehead atoms. The number of aromatic nitrogens is 2. The Morgan fingerprint density at radius 2 is 1.68 bits per heavy atom. The molecule has 2 aromatic rings. The van der Waals surface area contributed by atoms with E-state index in [1.165, 1.54) is 6.07 Å². The topological polar surface area (TPSA) is 85.0 Å². The number of halogens is 8. The first-order valence-electron chi connectivity index (χ1n) is 6.61. The molecule has 0 amide bonds. The molecule has 0 unspecified atom stereocenters. The lowest BCUT2D eigenvalue weighted by atomic mass is 10.2. The van der Waals surface area contributed by atoms with E-state index in [9.17, 15) is 30.4 Å². The van der Waals surface area contributed by atoms with Crippen molar-refractivity contribution in [3.8, 4) is 17.6 Å². The second kappa shape index (κ2) is 7.22. The van der Waals surface area contributed by atoms with Crippen LogP contribution in [0.3, 0.4) is 0 Å². The van der Waals surface area contributed by atoms with Gasteiger partial charge in [0.05, 0.1) is 22.7 Å². The van der Waals surface area contributed by atoms with Crippen LogP contribution in [0, 0.1) is 11.3 Å². The van der Waals surface area contributed by atoms with E-state index >= 15 is 0 Å². The second-order valence-electron chi connectivity index (χ2n) is 4.95. The third kappa shape index (κ3) is 3.71. The van der Waals surface area contributed by atoms with E-state index in [0.717, 1.165) is 7.11 Å². The zero-order valence-corrected chi connectivity index (χ0v) is 16.2. The minimum absolute atomic E-state index is 0.416. The number of benzene rings is 1. The normalized spacial score (nSPS) is 12.7. The summed E-state index contributed by atoms with van der Waals surface area (Å²) in [4.78, 5) is -1.38. The summed E-state index contributed by atoms with van der Waals surface area (Å²) in [7, 11) is -4.83. The Balaban J connectivity index is 2.90. The maximum Gasteiger partial charge on any atom is 0.427 e. The van der Waals surface area contributed by atoms with E-state index in [-0.39, 0.29) is 0 Å². The van der Waals surface area contributed by atoms with Crippen LogP contribution in [-0.2, 0) is 16.0 Å². The van der Waals surface area contributed by atoms with Crippen molar-refractivity contribution in [2.24, 2.45) is 0 Å². The molecule has 152 valence electrons. The third-order valence-corrected chi connectivity index (χ3v) is 5.93. The third-order valence-electron chi connectivity index (χ3n) is 3.23. The van der Waals surface area contributed by atoms with Gasteiger partial charge in [0.15, 0.2) is 10.6 Å². The highest BCUT2D eigenvalue weighted by Gasteiger charge is 2.49. The fraction of sp³-hybridized carbons (Fsp3) is 0.231. The lowest BCUT2D eigenvalue weighted by molar-refractivity contribution is -0.137. The van der Waals surface area contributed by atoms with Gasteiger partial charge in [0.1, 0.15) is 11.8 Å². The predicted molar refractivity (Wildman–Crippen MR) is 87.8 cm³/mol. The Bertz CT molecular complexity index is 1060. The summed E-state index contributed by atoms with van der Waals surface area (Å²) < 4.78 is 89.7. The van der Waals surface area contributed by atoms with Crippen LogP contribution in [0.5, 0.6) is 5.88 Å². The Hall–Kier alpha value is -1.81. The summed E-state index contributed by atoms with van der Waals surface area (Å²) in [6.45, 7) is 0. The van der Waals surface area contributed by atoms with Crippen molar-refractivity contribution in [1.29, 1.82) is 5.26 Å². The molecule has 0 radical (unpaired) electrons. The summed E-state index contributed by atoms with van der Waals surface area (Å²) in [5.74, 6) is -0.958. The van der Waals surface area contributed by atoms with Gasteiger partial charge >= 0.3 is 10.9 Å². The van der Waals surface area contributed by atoms with Crippen molar-refractivity contribution in [3.63, 3.8) is 0 Å². The minimum Gasteiger partial charge on any atom is -0.480 e. The van der Waals surface area contributed by atoms with Crippen molar-refractivity contribution < 1.29 is 35.1 Å². The van der Waals surface area contributed by atoms with Gasteiger partial charge in [0.2, 0.25) is 5.88 Å². The Morgan fingerprint density at radius 3 is 2.04 bits per heavy atom. The number of hydrogen-bond acceptors (Lipinski definition) is 5. The number of sulfone groups is 1. The highest BCUT2D eigenvalue weighted by atomic mass is 35.5. The number of nitriles is 1. The van der Waals surface area contributed by atoms with E-state index in [4.69, 9.17) is 33.2 Å². The van der Waals surface area contributed by atoms with Crippen LogP contribution in [0.15, 0.2) is 17.0 Å². The highest BCUT2D eigenvalue weighted by Crippen LogP contribution is 2.43. The van der Waals surface area contributed by atoms with Crippen LogP contribution in [0.2, 0.25) is 10.0 Å². The molecular weight excluding hydrogens is 480 g/mol. The SMILES string of the molecule is COc1c(S(=O)(=O)C(F)(F)Cl)c(C#N)nn1-c1c(Cl)cc(C(F)(F)F)cc1Cl. The van der Waals surface area contributed by atoms with Crippen molar-refractivity contribution >= 4 is 44.6 Å². The number of nitrogens with zero attached hydrogens (tertiary/aromatic N) is 3. The van der Waals surface area contributed by atoms with E-state index in [1.807, 2.05) is 0 Å². The molecule has 0 spiro atoms. The average molecular weight is 485 g/mol. The molecule has 0 aliphatic rings. The van der Waals surface area contributed by atoms with Crippen LogP contribution in [0.25, 0.3) is 5.69 Å². The monoisotopic (exact) mass is 483 g/mol. The minimum atomic E-state index is -5.67. The number of ether oxygens (including phenoxy) is 1. The fourth-order valence-electron chi connectivity index (χ4n) is 2.08. The first kappa shape index (κ1) is 22.5. The maximum atomic E-state index is 13.4. The van der Waals surface area contributed by atoms with Gasteiger partial charge in [-0.05, 0) is 23.7 Å². The van der Waals surface area contributed by atoms with Crippen molar-refractivity contribution in [2.75, 3.05) is 7.11 Å². The first-order valence-corrected chi connectivity index (χ1v) is 9.23. The van der Waals surface area contributed by atoms with E-state index < -0.39 is 58.5 Å². The zero-order chi connectivity index (χ0) is 21.7. The van der Waals surface area contributed by atoms with Gasteiger partial charge in [0.25, 0.3) is 9.84 Å². The molecule has 0 fully saturated rings. The van der Waals surface area contributed by atoms with Crippen molar-refractivity contribution in [1.82, 2.24) is 9.78 Å². The molecule has 1 aromatic heterocycles. The Morgan fingerprint density at radius 1 is 1.18 bits per heavy atom. The number of rotatable bonds is 4. The molecule has 1 aromatic carbocycles. The molecule has 28 heavy (non-hydrogen) atoms. The van der Waals surface area contributed by atoms with Gasteiger partial charge in [0, 0.05) is 0 Å². The summed E-state index contributed by atoms with van der Waals surface area (Å²) in [5.41, 5.74) is -2.84. The van der Waals surface area contributed by atoms with Gasteiger partial charge in [-0.25, -0.2) is 8.42 Å².